The number of rotatable bonds is 9. The highest BCUT2D eigenvalue weighted by Gasteiger charge is 2.77. The molecule has 2 aromatic rings. The molecule has 2 unspecified atom stereocenters. The SMILES string of the molecule is CC[C@H](C)[C@H](CO)N1C(=O)[C@@H]2[C@H](C(=O)NCc3ccccc3)[C@]3(C)CCC2(S3)C1C(=O)Nc1ccccc1Cl. The van der Waals surface area contributed by atoms with Crippen LogP contribution in [0.5, 0.6) is 0 Å². The summed E-state index contributed by atoms with van der Waals surface area (Å²) >= 11 is 7.99. The summed E-state index contributed by atoms with van der Waals surface area (Å²) in [4.78, 5) is 43.9. The molecule has 1 spiro atoms. The van der Waals surface area contributed by atoms with E-state index in [0.29, 0.717) is 23.7 Å². The highest BCUT2D eigenvalue weighted by molar-refractivity contribution is 8.02. The van der Waals surface area contributed by atoms with Crippen molar-refractivity contribution < 1.29 is 19.5 Å². The van der Waals surface area contributed by atoms with Gasteiger partial charge in [0.05, 0.1) is 39.9 Å². The maximum Gasteiger partial charge on any atom is 0.248 e. The lowest BCUT2D eigenvalue weighted by atomic mass is 9.66. The van der Waals surface area contributed by atoms with Crippen LogP contribution in [0.15, 0.2) is 54.6 Å². The van der Waals surface area contributed by atoms with E-state index in [1.54, 1.807) is 40.9 Å². The van der Waals surface area contributed by atoms with Gasteiger partial charge in [0.15, 0.2) is 0 Å². The van der Waals surface area contributed by atoms with Gasteiger partial charge in [-0.25, -0.2) is 0 Å². The van der Waals surface area contributed by atoms with Crippen LogP contribution in [0.3, 0.4) is 0 Å². The Hall–Kier alpha value is -2.55. The number of thioether (sulfide) groups is 1. The van der Waals surface area contributed by atoms with Crippen molar-refractivity contribution in [1.82, 2.24) is 10.2 Å². The van der Waals surface area contributed by atoms with Gasteiger partial charge in [0.25, 0.3) is 0 Å². The number of aliphatic hydroxyl groups is 1. The number of nitrogens with zero attached hydrogens (tertiary/aromatic N) is 1. The zero-order chi connectivity index (χ0) is 27.9. The number of hydrogen-bond donors (Lipinski definition) is 3. The zero-order valence-electron chi connectivity index (χ0n) is 22.5. The Bertz CT molecular complexity index is 1260. The Morgan fingerprint density at radius 2 is 1.82 bits per heavy atom. The van der Waals surface area contributed by atoms with Crippen LogP contribution in [0.2, 0.25) is 5.02 Å². The molecular formula is C30H36ClN3O4S. The van der Waals surface area contributed by atoms with E-state index < -0.39 is 33.4 Å². The van der Waals surface area contributed by atoms with Crippen molar-refractivity contribution in [2.24, 2.45) is 17.8 Å². The van der Waals surface area contributed by atoms with Crippen LogP contribution >= 0.6 is 23.4 Å². The van der Waals surface area contributed by atoms with Crippen molar-refractivity contribution in [3.8, 4) is 0 Å². The van der Waals surface area contributed by atoms with Crippen molar-refractivity contribution >= 4 is 46.8 Å². The zero-order valence-corrected chi connectivity index (χ0v) is 24.1. The van der Waals surface area contributed by atoms with Crippen LogP contribution in [-0.4, -0.2) is 55.9 Å². The molecule has 5 rings (SSSR count). The van der Waals surface area contributed by atoms with Gasteiger partial charge in [-0.2, -0.15) is 0 Å². The quantitative estimate of drug-likeness (QED) is 0.413. The number of nitrogens with one attached hydrogen (secondary N) is 2. The lowest BCUT2D eigenvalue weighted by Gasteiger charge is -2.39. The largest absolute Gasteiger partial charge is 0.394 e. The van der Waals surface area contributed by atoms with Crippen LogP contribution in [-0.2, 0) is 20.9 Å². The maximum absolute atomic E-state index is 14.4. The van der Waals surface area contributed by atoms with Crippen molar-refractivity contribution in [3.05, 3.63) is 65.2 Å². The second-order valence-electron chi connectivity index (χ2n) is 11.3. The molecule has 0 saturated carbocycles. The van der Waals surface area contributed by atoms with Gasteiger partial charge in [-0.3, -0.25) is 14.4 Å². The number of aliphatic hydroxyl groups excluding tert-OH is 1. The summed E-state index contributed by atoms with van der Waals surface area (Å²) in [5.74, 6) is -1.98. The van der Waals surface area contributed by atoms with Gasteiger partial charge in [-0.1, -0.05) is 74.3 Å². The standard InChI is InChI=1S/C30H36ClN3O4S/c1-4-18(2)22(17-35)34-25(27(37)33-21-13-9-8-12-20(21)31)30-15-14-29(3,39-30)23(24(30)28(34)38)26(36)32-16-19-10-6-5-7-11-19/h5-13,18,22-25,35H,4,14-17H2,1-3H3,(H,32,36)(H,33,37)/t18-,22-,23+,24-,25?,29-,30?/m0/s1. The molecule has 3 aliphatic rings. The number of halogens is 1. The number of para-hydroxylation sites is 1. The van der Waals surface area contributed by atoms with Gasteiger partial charge in [-0.15, -0.1) is 11.8 Å². The summed E-state index contributed by atoms with van der Waals surface area (Å²) in [6.07, 6.45) is 2.10. The predicted molar refractivity (Wildman–Crippen MR) is 154 cm³/mol. The molecule has 3 fully saturated rings. The Balaban J connectivity index is 1.52. The first kappa shape index (κ1) is 28.0. The molecule has 208 valence electrons. The molecule has 3 amide bonds. The second-order valence-corrected chi connectivity index (χ2v) is 13.6. The molecule has 2 bridgehead atoms. The monoisotopic (exact) mass is 569 g/mol. The van der Waals surface area contributed by atoms with E-state index in [1.807, 2.05) is 44.2 Å². The summed E-state index contributed by atoms with van der Waals surface area (Å²) < 4.78 is -1.24. The molecule has 7 atom stereocenters. The minimum absolute atomic E-state index is 0.0343. The fourth-order valence-electron chi connectivity index (χ4n) is 6.89. The first-order valence-electron chi connectivity index (χ1n) is 13.7. The lowest BCUT2D eigenvalue weighted by molar-refractivity contribution is -0.143. The molecule has 39 heavy (non-hydrogen) atoms. The summed E-state index contributed by atoms with van der Waals surface area (Å²) in [6, 6.07) is 15.3. The van der Waals surface area contributed by atoms with Crippen molar-refractivity contribution in [3.63, 3.8) is 0 Å². The molecule has 0 aromatic heterocycles. The molecule has 3 N–H and O–H groups in total. The normalized spacial score (nSPS) is 30.6. The van der Waals surface area contributed by atoms with Crippen LogP contribution in [0.4, 0.5) is 5.69 Å². The molecule has 9 heteroatoms. The van der Waals surface area contributed by atoms with Crippen molar-refractivity contribution in [2.75, 3.05) is 11.9 Å². The second kappa shape index (κ2) is 10.8. The van der Waals surface area contributed by atoms with Crippen LogP contribution in [0, 0.1) is 17.8 Å². The van der Waals surface area contributed by atoms with E-state index in [1.165, 1.54) is 0 Å². The molecule has 0 aliphatic carbocycles. The molecule has 3 aliphatic heterocycles. The highest BCUT2D eigenvalue weighted by atomic mass is 35.5. The number of likely N-dealkylation sites (tertiary alicyclic amines) is 1. The van der Waals surface area contributed by atoms with Gasteiger partial charge in [-0.05, 0) is 43.4 Å². The van der Waals surface area contributed by atoms with Gasteiger partial charge in [0, 0.05) is 11.3 Å². The van der Waals surface area contributed by atoms with Crippen molar-refractivity contribution in [2.45, 2.75) is 68.2 Å². The minimum Gasteiger partial charge on any atom is -0.394 e. The first-order chi connectivity index (χ1) is 18.7. The van der Waals surface area contributed by atoms with Gasteiger partial charge in [0.2, 0.25) is 17.7 Å². The number of carbonyl (C=O) groups excluding carboxylic acids is 3. The summed E-state index contributed by atoms with van der Waals surface area (Å²) in [7, 11) is 0. The fraction of sp³-hybridized carbons (Fsp3) is 0.500. The Labute approximate surface area is 239 Å². The van der Waals surface area contributed by atoms with E-state index in [4.69, 9.17) is 11.6 Å². The molecule has 3 saturated heterocycles. The first-order valence-corrected chi connectivity index (χ1v) is 14.9. The van der Waals surface area contributed by atoms with E-state index >= 15 is 0 Å². The number of amides is 3. The summed E-state index contributed by atoms with van der Waals surface area (Å²) in [5, 5.41) is 16.9. The molecule has 0 radical (unpaired) electrons. The number of fused-ring (bicyclic) bond motifs is 1. The number of anilines is 1. The predicted octanol–water partition coefficient (Wildman–Crippen LogP) is 4.48. The average Bonchev–Trinajstić information content (AvgIpc) is 3.50. The van der Waals surface area contributed by atoms with Crippen LogP contribution < -0.4 is 10.6 Å². The number of carbonyl (C=O) groups is 3. The fourth-order valence-corrected chi connectivity index (χ4v) is 9.42. The number of benzene rings is 2. The summed E-state index contributed by atoms with van der Waals surface area (Å²) in [6.45, 7) is 6.16. The minimum atomic E-state index is -0.837. The Kier molecular flexibility index (Phi) is 7.74. The Morgan fingerprint density at radius 3 is 2.49 bits per heavy atom. The van der Waals surface area contributed by atoms with Gasteiger partial charge in [0.1, 0.15) is 6.04 Å². The number of hydrogen-bond acceptors (Lipinski definition) is 5. The van der Waals surface area contributed by atoms with Gasteiger partial charge >= 0.3 is 0 Å². The van der Waals surface area contributed by atoms with E-state index in [-0.39, 0.29) is 30.2 Å². The topological polar surface area (TPSA) is 98.7 Å². The van der Waals surface area contributed by atoms with E-state index in [0.717, 1.165) is 18.4 Å². The van der Waals surface area contributed by atoms with Crippen LogP contribution in [0.25, 0.3) is 0 Å². The third kappa shape index (κ3) is 4.64. The molecule has 7 nitrogen and oxygen atoms in total. The van der Waals surface area contributed by atoms with Gasteiger partial charge < -0.3 is 20.6 Å². The highest BCUT2D eigenvalue weighted by Crippen LogP contribution is 2.71. The average molecular weight is 570 g/mol. The van der Waals surface area contributed by atoms with E-state index in [2.05, 4.69) is 17.6 Å². The lowest BCUT2D eigenvalue weighted by Crippen LogP contribution is -2.56. The third-order valence-corrected chi connectivity index (χ3v) is 11.3. The third-order valence-electron chi connectivity index (χ3n) is 9.03. The summed E-state index contributed by atoms with van der Waals surface area (Å²) in [5.41, 5.74) is 1.46. The van der Waals surface area contributed by atoms with Crippen LogP contribution in [0.1, 0.15) is 45.6 Å². The van der Waals surface area contributed by atoms with E-state index in [9.17, 15) is 19.5 Å². The Morgan fingerprint density at radius 1 is 1.13 bits per heavy atom. The molecule has 2 aromatic carbocycles. The van der Waals surface area contributed by atoms with Crippen molar-refractivity contribution in [1.29, 1.82) is 0 Å². The maximum atomic E-state index is 14.4. The molecule has 3 heterocycles. The molecular weight excluding hydrogens is 534 g/mol. The smallest absolute Gasteiger partial charge is 0.248 e.